The van der Waals surface area contributed by atoms with Crippen LogP contribution in [-0.2, 0) is 9.59 Å². The summed E-state index contributed by atoms with van der Waals surface area (Å²) in [7, 11) is 0. The van der Waals surface area contributed by atoms with Crippen molar-refractivity contribution in [1.29, 1.82) is 0 Å². The number of carbonyl (C=O) groups excluding carboxylic acids is 1. The Morgan fingerprint density at radius 1 is 1.13 bits per heavy atom. The molecular weight excluding hydrogens is 314 g/mol. The molecule has 0 saturated carbocycles. The van der Waals surface area contributed by atoms with Gasteiger partial charge in [-0.1, -0.05) is 12.1 Å². The van der Waals surface area contributed by atoms with Gasteiger partial charge in [-0.15, -0.1) is 11.3 Å². The highest BCUT2D eigenvalue weighted by Gasteiger charge is 2.14. The number of rotatable bonds is 3. The van der Waals surface area contributed by atoms with E-state index in [1.165, 1.54) is 36.3 Å². The summed E-state index contributed by atoms with van der Waals surface area (Å²) in [5, 5.41) is 12.9. The van der Waals surface area contributed by atoms with Crippen molar-refractivity contribution in [3.05, 3.63) is 29.6 Å². The number of amides is 1. The maximum absolute atomic E-state index is 11.1. The molecule has 1 aliphatic rings. The van der Waals surface area contributed by atoms with Gasteiger partial charge in [-0.05, 0) is 31.4 Å². The van der Waals surface area contributed by atoms with Gasteiger partial charge in [0.15, 0.2) is 5.13 Å². The molecule has 0 radical (unpaired) electrons. The topological polar surface area (TPSA) is 82.5 Å². The van der Waals surface area contributed by atoms with Gasteiger partial charge < -0.3 is 10.0 Å². The number of carbonyl (C=O) groups is 2. The maximum atomic E-state index is 11.1. The SMILES string of the molecule is O=C(O)C(=O)Nc1nc(-c2ccc(N3CCCCC3)cc2)cs1. The van der Waals surface area contributed by atoms with Crippen molar-refractivity contribution in [3.63, 3.8) is 0 Å². The molecule has 1 saturated heterocycles. The Kier molecular flexibility index (Phi) is 4.57. The fourth-order valence-electron chi connectivity index (χ4n) is 2.61. The highest BCUT2D eigenvalue weighted by Crippen LogP contribution is 2.27. The zero-order valence-corrected chi connectivity index (χ0v) is 13.3. The summed E-state index contributed by atoms with van der Waals surface area (Å²) in [6.45, 7) is 2.20. The number of nitrogens with one attached hydrogen (secondary N) is 1. The van der Waals surface area contributed by atoms with Gasteiger partial charge in [0.2, 0.25) is 0 Å². The first-order chi connectivity index (χ1) is 11.1. The lowest BCUT2D eigenvalue weighted by Gasteiger charge is -2.28. The number of aliphatic carboxylic acids is 1. The zero-order valence-electron chi connectivity index (χ0n) is 12.5. The monoisotopic (exact) mass is 331 g/mol. The molecule has 120 valence electrons. The van der Waals surface area contributed by atoms with E-state index in [9.17, 15) is 9.59 Å². The molecule has 0 bridgehead atoms. The first kappa shape index (κ1) is 15.5. The molecule has 3 rings (SSSR count). The lowest BCUT2D eigenvalue weighted by atomic mass is 10.1. The number of aromatic nitrogens is 1. The zero-order chi connectivity index (χ0) is 16.2. The lowest BCUT2D eigenvalue weighted by molar-refractivity contribution is -0.147. The second kappa shape index (κ2) is 6.78. The first-order valence-electron chi connectivity index (χ1n) is 7.48. The van der Waals surface area contributed by atoms with E-state index in [0.29, 0.717) is 0 Å². The summed E-state index contributed by atoms with van der Waals surface area (Å²) in [6.07, 6.45) is 3.78. The summed E-state index contributed by atoms with van der Waals surface area (Å²) >= 11 is 1.21. The van der Waals surface area contributed by atoms with Crippen molar-refractivity contribution in [2.75, 3.05) is 23.3 Å². The molecule has 0 aliphatic carbocycles. The van der Waals surface area contributed by atoms with E-state index in [2.05, 4.69) is 27.3 Å². The van der Waals surface area contributed by atoms with Crippen molar-refractivity contribution in [3.8, 4) is 11.3 Å². The summed E-state index contributed by atoms with van der Waals surface area (Å²) in [5.74, 6) is -2.60. The van der Waals surface area contributed by atoms with Crippen LogP contribution in [0.15, 0.2) is 29.6 Å². The van der Waals surface area contributed by atoms with Crippen LogP contribution >= 0.6 is 11.3 Å². The number of benzene rings is 1. The van der Waals surface area contributed by atoms with Gasteiger partial charge >= 0.3 is 11.9 Å². The highest BCUT2D eigenvalue weighted by atomic mass is 32.1. The summed E-state index contributed by atoms with van der Waals surface area (Å²) in [4.78, 5) is 28.3. The van der Waals surface area contributed by atoms with Gasteiger partial charge in [-0.25, -0.2) is 9.78 Å². The van der Waals surface area contributed by atoms with Crippen molar-refractivity contribution in [2.24, 2.45) is 0 Å². The maximum Gasteiger partial charge on any atom is 0.394 e. The van der Waals surface area contributed by atoms with Gasteiger partial charge in [-0.3, -0.25) is 10.1 Å². The van der Waals surface area contributed by atoms with Crippen LogP contribution in [0.3, 0.4) is 0 Å². The molecule has 7 heteroatoms. The summed E-state index contributed by atoms with van der Waals surface area (Å²) < 4.78 is 0. The number of carboxylic acid groups (broad SMARTS) is 1. The van der Waals surface area contributed by atoms with E-state index < -0.39 is 11.9 Å². The van der Waals surface area contributed by atoms with Gasteiger partial charge in [0.25, 0.3) is 0 Å². The molecule has 1 fully saturated rings. The predicted molar refractivity (Wildman–Crippen MR) is 89.9 cm³/mol. The molecule has 0 atom stereocenters. The Labute approximate surface area is 137 Å². The van der Waals surface area contributed by atoms with Crippen molar-refractivity contribution in [1.82, 2.24) is 4.98 Å². The van der Waals surface area contributed by atoms with Gasteiger partial charge in [-0.2, -0.15) is 0 Å². The Morgan fingerprint density at radius 2 is 1.83 bits per heavy atom. The molecule has 1 aromatic heterocycles. The molecule has 1 aliphatic heterocycles. The lowest BCUT2D eigenvalue weighted by Crippen LogP contribution is -2.29. The third-order valence-electron chi connectivity index (χ3n) is 3.80. The number of nitrogens with zero attached hydrogens (tertiary/aromatic N) is 2. The smallest absolute Gasteiger partial charge is 0.394 e. The normalized spacial score (nSPS) is 14.5. The van der Waals surface area contributed by atoms with Gasteiger partial charge in [0.1, 0.15) is 0 Å². The van der Waals surface area contributed by atoms with Crippen LogP contribution < -0.4 is 10.2 Å². The van der Waals surface area contributed by atoms with E-state index in [1.54, 1.807) is 5.38 Å². The van der Waals surface area contributed by atoms with Crippen LogP contribution in [-0.4, -0.2) is 35.1 Å². The molecule has 1 amide bonds. The van der Waals surface area contributed by atoms with Crippen LogP contribution in [0.4, 0.5) is 10.8 Å². The van der Waals surface area contributed by atoms with Crippen molar-refractivity contribution in [2.45, 2.75) is 19.3 Å². The Balaban J connectivity index is 1.71. The second-order valence-electron chi connectivity index (χ2n) is 5.39. The predicted octanol–water partition coefficient (Wildman–Crippen LogP) is 2.82. The fraction of sp³-hybridized carbons (Fsp3) is 0.312. The molecule has 6 nitrogen and oxygen atoms in total. The van der Waals surface area contributed by atoms with E-state index >= 15 is 0 Å². The summed E-state index contributed by atoms with van der Waals surface area (Å²) in [5.41, 5.74) is 2.88. The van der Waals surface area contributed by atoms with Crippen LogP contribution in [0.2, 0.25) is 0 Å². The van der Waals surface area contributed by atoms with Crippen molar-refractivity contribution >= 4 is 34.0 Å². The second-order valence-corrected chi connectivity index (χ2v) is 6.25. The fourth-order valence-corrected chi connectivity index (χ4v) is 3.32. The molecule has 23 heavy (non-hydrogen) atoms. The summed E-state index contributed by atoms with van der Waals surface area (Å²) in [6, 6.07) is 8.16. The number of carboxylic acids is 1. The largest absolute Gasteiger partial charge is 0.474 e. The minimum atomic E-state index is -1.52. The average molecular weight is 331 g/mol. The van der Waals surface area contributed by atoms with Crippen LogP contribution in [0.5, 0.6) is 0 Å². The number of hydrogen-bond acceptors (Lipinski definition) is 5. The molecule has 2 aromatic rings. The first-order valence-corrected chi connectivity index (χ1v) is 8.36. The van der Waals surface area contributed by atoms with Crippen LogP contribution in [0.25, 0.3) is 11.3 Å². The highest BCUT2D eigenvalue weighted by molar-refractivity contribution is 7.14. The van der Waals surface area contributed by atoms with Crippen LogP contribution in [0, 0.1) is 0 Å². The van der Waals surface area contributed by atoms with Gasteiger partial charge in [0, 0.05) is 29.7 Å². The minimum absolute atomic E-state index is 0.285. The van der Waals surface area contributed by atoms with E-state index in [4.69, 9.17) is 5.11 Å². The molecule has 0 spiro atoms. The van der Waals surface area contributed by atoms with Crippen LogP contribution in [0.1, 0.15) is 19.3 Å². The van der Waals surface area contributed by atoms with E-state index in [1.807, 2.05) is 12.1 Å². The number of piperidine rings is 1. The van der Waals surface area contributed by atoms with Crippen molar-refractivity contribution < 1.29 is 14.7 Å². The van der Waals surface area contributed by atoms with Gasteiger partial charge in [0.05, 0.1) is 5.69 Å². The average Bonchev–Trinajstić information content (AvgIpc) is 3.04. The molecule has 2 heterocycles. The Bertz CT molecular complexity index is 706. The molecule has 1 aromatic carbocycles. The number of hydrogen-bond donors (Lipinski definition) is 2. The molecular formula is C16H17N3O3S. The third-order valence-corrected chi connectivity index (χ3v) is 4.56. The number of thiazole rings is 1. The molecule has 2 N–H and O–H groups in total. The Hall–Kier alpha value is -2.41. The number of anilines is 2. The quantitative estimate of drug-likeness (QED) is 0.845. The minimum Gasteiger partial charge on any atom is -0.474 e. The van der Waals surface area contributed by atoms with E-state index in [0.717, 1.165) is 24.3 Å². The molecule has 0 unspecified atom stereocenters. The Morgan fingerprint density at radius 3 is 2.48 bits per heavy atom. The third kappa shape index (κ3) is 3.68. The van der Waals surface area contributed by atoms with E-state index in [-0.39, 0.29) is 5.13 Å². The standard InChI is InChI=1S/C16H17N3O3S/c20-14(15(21)22)18-16-17-13(10-23-16)11-4-6-12(7-5-11)19-8-2-1-3-9-19/h4-7,10H,1-3,8-9H2,(H,21,22)(H,17,18,20).